The van der Waals surface area contributed by atoms with Crippen LogP contribution in [0, 0.1) is 0 Å². The number of hydrogen-bond acceptors (Lipinski definition) is 3. The molecule has 2 aliphatic heterocycles. The van der Waals surface area contributed by atoms with Gasteiger partial charge < -0.3 is 10.2 Å². The maximum absolute atomic E-state index is 4.47. The Kier molecular flexibility index (Phi) is 2.52. The number of para-hydroxylation sites is 1. The summed E-state index contributed by atoms with van der Waals surface area (Å²) in [6.45, 7) is 4.03. The molecule has 0 saturated heterocycles. The van der Waals surface area contributed by atoms with Crippen LogP contribution < -0.4 is 10.2 Å². The van der Waals surface area contributed by atoms with E-state index in [1.165, 1.54) is 24.1 Å². The number of benzene rings is 1. The molecule has 3 heteroatoms. The number of rotatable bonds is 2. The molecule has 1 aromatic carbocycles. The molecule has 0 aromatic heterocycles. The first-order valence-electron chi connectivity index (χ1n) is 6.03. The fraction of sp³-hybridized carbons (Fsp3) is 0.462. The molecule has 1 N–H and O–H groups in total. The number of nitrogens with zero attached hydrogens (tertiary/aromatic N) is 2. The minimum Gasteiger partial charge on any atom is -0.370 e. The minimum absolute atomic E-state index is 0.935. The number of nitrogens with one attached hydrogen (secondary N) is 1. The summed E-state index contributed by atoms with van der Waals surface area (Å²) in [5, 5.41) is 3.34. The van der Waals surface area contributed by atoms with Crippen molar-refractivity contribution < 1.29 is 0 Å². The van der Waals surface area contributed by atoms with Crippen LogP contribution in [0.4, 0.5) is 5.69 Å². The molecule has 3 rings (SSSR count). The largest absolute Gasteiger partial charge is 0.370 e. The topological polar surface area (TPSA) is 27.6 Å². The highest BCUT2D eigenvalue weighted by molar-refractivity contribution is 5.88. The van der Waals surface area contributed by atoms with Crippen LogP contribution in [-0.4, -0.2) is 32.0 Å². The van der Waals surface area contributed by atoms with Gasteiger partial charge in [0.15, 0.2) is 0 Å². The van der Waals surface area contributed by atoms with E-state index in [1.54, 1.807) is 0 Å². The lowest BCUT2D eigenvalue weighted by atomic mass is 10.0. The third-order valence-electron chi connectivity index (χ3n) is 3.29. The molecule has 0 radical (unpaired) electrons. The Bertz CT molecular complexity index is 411. The van der Waals surface area contributed by atoms with Gasteiger partial charge in [0.25, 0.3) is 0 Å². The summed E-state index contributed by atoms with van der Waals surface area (Å²) in [5.41, 5.74) is 2.87. The second kappa shape index (κ2) is 4.16. The summed E-state index contributed by atoms with van der Waals surface area (Å²) < 4.78 is 0. The molecule has 0 bridgehead atoms. The zero-order valence-corrected chi connectivity index (χ0v) is 9.45. The first-order valence-corrected chi connectivity index (χ1v) is 6.03. The lowest BCUT2D eigenvalue weighted by molar-refractivity contribution is 0.725. The first-order chi connectivity index (χ1) is 7.93. The summed E-state index contributed by atoms with van der Waals surface area (Å²) >= 11 is 0. The van der Waals surface area contributed by atoms with Crippen molar-refractivity contribution in [2.75, 3.05) is 31.1 Å². The van der Waals surface area contributed by atoms with Crippen molar-refractivity contribution >= 4 is 11.5 Å². The predicted molar refractivity (Wildman–Crippen MR) is 67.3 cm³/mol. The van der Waals surface area contributed by atoms with Crippen LogP contribution >= 0.6 is 0 Å². The summed E-state index contributed by atoms with van der Waals surface area (Å²) in [6.07, 6.45) is 2.47. The fourth-order valence-corrected chi connectivity index (χ4v) is 2.51. The Labute approximate surface area is 96.2 Å². The van der Waals surface area contributed by atoms with Crippen molar-refractivity contribution in [1.29, 1.82) is 0 Å². The average Bonchev–Trinajstić information content (AvgIpc) is 2.82. The van der Waals surface area contributed by atoms with Crippen LogP contribution in [0.25, 0.3) is 0 Å². The lowest BCUT2D eigenvalue weighted by Gasteiger charge is -2.31. The van der Waals surface area contributed by atoms with Gasteiger partial charge in [-0.3, -0.25) is 4.99 Å². The Hall–Kier alpha value is -1.51. The summed E-state index contributed by atoms with van der Waals surface area (Å²) in [5.74, 6) is 1.15. The van der Waals surface area contributed by atoms with E-state index in [9.17, 15) is 0 Å². The van der Waals surface area contributed by atoms with Gasteiger partial charge in [0.1, 0.15) is 5.84 Å². The van der Waals surface area contributed by atoms with Crippen LogP contribution in [0.2, 0.25) is 0 Å². The summed E-state index contributed by atoms with van der Waals surface area (Å²) in [4.78, 5) is 6.91. The highest BCUT2D eigenvalue weighted by atomic mass is 15.2. The van der Waals surface area contributed by atoms with Gasteiger partial charge in [-0.1, -0.05) is 18.2 Å². The quantitative estimate of drug-likeness (QED) is 0.808. The van der Waals surface area contributed by atoms with Crippen molar-refractivity contribution in [1.82, 2.24) is 5.32 Å². The summed E-state index contributed by atoms with van der Waals surface area (Å²) in [7, 11) is 0. The number of aliphatic imine (C=N–C) groups is 1. The molecule has 0 amide bonds. The maximum atomic E-state index is 4.47. The van der Waals surface area contributed by atoms with E-state index in [1.807, 2.05) is 0 Å². The number of fused-ring (bicyclic) bond motifs is 1. The smallest absolute Gasteiger partial charge is 0.116 e. The van der Waals surface area contributed by atoms with Crippen molar-refractivity contribution in [3.63, 3.8) is 0 Å². The van der Waals surface area contributed by atoms with Crippen LogP contribution in [0.1, 0.15) is 12.0 Å². The lowest BCUT2D eigenvalue weighted by Crippen LogP contribution is -2.38. The van der Waals surface area contributed by atoms with Gasteiger partial charge in [-0.05, 0) is 24.5 Å². The van der Waals surface area contributed by atoms with Gasteiger partial charge in [0, 0.05) is 18.8 Å². The molecule has 0 atom stereocenters. The molecule has 0 saturated carbocycles. The van der Waals surface area contributed by atoms with Crippen LogP contribution in [0.15, 0.2) is 29.3 Å². The Morgan fingerprint density at radius 1 is 1.31 bits per heavy atom. The number of amidine groups is 1. The highest BCUT2D eigenvalue weighted by Crippen LogP contribution is 2.26. The molecule has 2 heterocycles. The van der Waals surface area contributed by atoms with Crippen molar-refractivity contribution in [3.05, 3.63) is 29.8 Å². The Balaban J connectivity index is 1.81. The van der Waals surface area contributed by atoms with E-state index >= 15 is 0 Å². The zero-order chi connectivity index (χ0) is 10.8. The maximum Gasteiger partial charge on any atom is 0.116 e. The number of aryl methyl sites for hydroxylation is 1. The third-order valence-corrected chi connectivity index (χ3v) is 3.29. The van der Waals surface area contributed by atoms with Crippen molar-refractivity contribution in [3.8, 4) is 0 Å². The standard InChI is InChI=1S/C13H17N3/c1-2-6-12-11(4-1)5-3-9-16(12)10-13-14-7-8-15-13/h1-2,4,6H,3,5,7-10H2,(H,14,15). The molecule has 16 heavy (non-hydrogen) atoms. The molecular formula is C13H17N3. The second-order valence-corrected chi connectivity index (χ2v) is 4.41. The molecule has 0 aliphatic carbocycles. The van der Waals surface area contributed by atoms with Gasteiger partial charge >= 0.3 is 0 Å². The van der Waals surface area contributed by atoms with E-state index in [-0.39, 0.29) is 0 Å². The van der Waals surface area contributed by atoms with Crippen LogP contribution in [-0.2, 0) is 6.42 Å². The SMILES string of the molecule is c1ccc2c(c1)CCCN2CC1=NCCN1. The third kappa shape index (κ3) is 1.77. The number of anilines is 1. The van der Waals surface area contributed by atoms with E-state index < -0.39 is 0 Å². The van der Waals surface area contributed by atoms with Gasteiger partial charge in [-0.2, -0.15) is 0 Å². The highest BCUT2D eigenvalue weighted by Gasteiger charge is 2.18. The molecular weight excluding hydrogens is 198 g/mol. The summed E-state index contributed by atoms with van der Waals surface area (Å²) in [6, 6.07) is 8.73. The van der Waals surface area contributed by atoms with E-state index in [0.29, 0.717) is 0 Å². The minimum atomic E-state index is 0.935. The molecule has 2 aliphatic rings. The number of hydrogen-bond donors (Lipinski definition) is 1. The van der Waals surface area contributed by atoms with E-state index in [4.69, 9.17) is 0 Å². The van der Waals surface area contributed by atoms with Crippen molar-refractivity contribution in [2.24, 2.45) is 4.99 Å². The van der Waals surface area contributed by atoms with Gasteiger partial charge in [0.05, 0.1) is 13.1 Å². The average molecular weight is 215 g/mol. The van der Waals surface area contributed by atoms with Gasteiger partial charge in [-0.15, -0.1) is 0 Å². The molecule has 3 nitrogen and oxygen atoms in total. The molecule has 0 unspecified atom stereocenters. The normalized spacial score (nSPS) is 19.0. The molecule has 1 aromatic rings. The van der Waals surface area contributed by atoms with E-state index in [2.05, 4.69) is 39.5 Å². The van der Waals surface area contributed by atoms with Crippen LogP contribution in [0.5, 0.6) is 0 Å². The van der Waals surface area contributed by atoms with Crippen LogP contribution in [0.3, 0.4) is 0 Å². The second-order valence-electron chi connectivity index (χ2n) is 4.41. The van der Waals surface area contributed by atoms with Crippen molar-refractivity contribution in [2.45, 2.75) is 12.8 Å². The predicted octanol–water partition coefficient (Wildman–Crippen LogP) is 1.44. The van der Waals surface area contributed by atoms with E-state index in [0.717, 1.165) is 32.0 Å². The fourth-order valence-electron chi connectivity index (χ4n) is 2.51. The van der Waals surface area contributed by atoms with Gasteiger partial charge in [0.2, 0.25) is 0 Å². The Morgan fingerprint density at radius 3 is 3.12 bits per heavy atom. The Morgan fingerprint density at radius 2 is 2.25 bits per heavy atom. The first kappa shape index (κ1) is 9.70. The zero-order valence-electron chi connectivity index (χ0n) is 9.45. The monoisotopic (exact) mass is 215 g/mol. The van der Waals surface area contributed by atoms with Gasteiger partial charge in [-0.25, -0.2) is 0 Å². The molecule has 0 fully saturated rings. The molecule has 0 spiro atoms. The molecule has 84 valence electrons.